The smallest absolute Gasteiger partial charge is 0.408 e. The number of nitrogens with one attached hydrogen (secondary N) is 2. The standard InChI is InChI=1S/C27H37N3O6/c1-7-30(23(24(33)28-17(2)3)19-9-8-10-21(32)16-19)25(34)22(29-26(35)36-27(4,5)6)15-18-11-13-20(31)14-12-18/h8-14,16-17,22-23,31-32H,7,15H2,1-6H3,(H,28,33)(H,29,35). The van der Waals surface area contributed by atoms with E-state index in [-0.39, 0.29) is 30.5 Å². The van der Waals surface area contributed by atoms with Gasteiger partial charge in [-0.15, -0.1) is 0 Å². The molecule has 2 aromatic carbocycles. The van der Waals surface area contributed by atoms with Crippen LogP contribution in [0.15, 0.2) is 48.5 Å². The first-order valence-electron chi connectivity index (χ1n) is 12.0. The Morgan fingerprint density at radius 3 is 2.14 bits per heavy atom. The third-order valence-corrected chi connectivity index (χ3v) is 5.17. The number of benzene rings is 2. The number of hydrogen-bond acceptors (Lipinski definition) is 6. The van der Waals surface area contributed by atoms with Gasteiger partial charge >= 0.3 is 6.09 Å². The fraction of sp³-hybridized carbons (Fsp3) is 0.444. The van der Waals surface area contributed by atoms with Crippen LogP contribution in [0.25, 0.3) is 0 Å². The Labute approximate surface area is 212 Å². The first-order chi connectivity index (χ1) is 16.8. The summed E-state index contributed by atoms with van der Waals surface area (Å²) >= 11 is 0. The Kier molecular flexibility index (Phi) is 9.72. The highest BCUT2D eigenvalue weighted by Gasteiger charge is 2.36. The van der Waals surface area contributed by atoms with E-state index in [1.807, 2.05) is 13.8 Å². The molecule has 9 heteroatoms. The molecule has 0 bridgehead atoms. The molecule has 9 nitrogen and oxygen atoms in total. The number of likely N-dealkylation sites (N-methyl/N-ethyl adjacent to an activating group) is 1. The number of phenolic OH excluding ortho intramolecular Hbond substituents is 2. The van der Waals surface area contributed by atoms with Crippen molar-refractivity contribution in [1.82, 2.24) is 15.5 Å². The predicted molar refractivity (Wildman–Crippen MR) is 136 cm³/mol. The highest BCUT2D eigenvalue weighted by Crippen LogP contribution is 2.26. The van der Waals surface area contributed by atoms with E-state index in [1.54, 1.807) is 52.0 Å². The summed E-state index contributed by atoms with van der Waals surface area (Å²) in [6.45, 7) is 10.7. The zero-order chi connectivity index (χ0) is 27.0. The minimum atomic E-state index is -1.06. The van der Waals surface area contributed by atoms with Crippen molar-refractivity contribution in [2.75, 3.05) is 6.54 Å². The van der Waals surface area contributed by atoms with Crippen LogP contribution in [-0.2, 0) is 20.7 Å². The largest absolute Gasteiger partial charge is 0.508 e. The van der Waals surface area contributed by atoms with E-state index in [1.165, 1.54) is 29.2 Å². The molecule has 0 spiro atoms. The maximum Gasteiger partial charge on any atom is 0.408 e. The van der Waals surface area contributed by atoms with Crippen LogP contribution in [0.3, 0.4) is 0 Å². The molecule has 3 amide bonds. The molecule has 0 aromatic heterocycles. The molecule has 0 aliphatic rings. The molecule has 2 rings (SSSR count). The van der Waals surface area contributed by atoms with Crippen LogP contribution in [0.5, 0.6) is 11.5 Å². The fourth-order valence-electron chi connectivity index (χ4n) is 3.71. The number of carbonyl (C=O) groups excluding carboxylic acids is 3. The molecular weight excluding hydrogens is 462 g/mol. The van der Waals surface area contributed by atoms with Crippen molar-refractivity contribution in [3.63, 3.8) is 0 Å². The van der Waals surface area contributed by atoms with Crippen molar-refractivity contribution >= 4 is 17.9 Å². The molecule has 4 N–H and O–H groups in total. The second-order valence-corrected chi connectivity index (χ2v) is 9.85. The van der Waals surface area contributed by atoms with Crippen molar-refractivity contribution in [2.24, 2.45) is 0 Å². The van der Waals surface area contributed by atoms with Gasteiger partial charge in [0.05, 0.1) is 0 Å². The first-order valence-corrected chi connectivity index (χ1v) is 12.0. The van der Waals surface area contributed by atoms with Gasteiger partial charge in [0.2, 0.25) is 11.8 Å². The minimum absolute atomic E-state index is 0.0362. The molecule has 0 aliphatic carbocycles. The van der Waals surface area contributed by atoms with Crippen molar-refractivity contribution in [3.05, 3.63) is 59.7 Å². The van der Waals surface area contributed by atoms with Gasteiger partial charge in [0.25, 0.3) is 0 Å². The van der Waals surface area contributed by atoms with Crippen molar-refractivity contribution < 1.29 is 29.3 Å². The number of ether oxygens (including phenoxy) is 1. The lowest BCUT2D eigenvalue weighted by molar-refractivity contribution is -0.142. The Balaban J connectivity index is 2.47. The summed E-state index contributed by atoms with van der Waals surface area (Å²) in [5, 5.41) is 25.2. The first kappa shape index (κ1) is 28.5. The number of rotatable bonds is 9. The van der Waals surface area contributed by atoms with Gasteiger partial charge in [0, 0.05) is 19.0 Å². The molecule has 36 heavy (non-hydrogen) atoms. The fourth-order valence-corrected chi connectivity index (χ4v) is 3.71. The Morgan fingerprint density at radius 1 is 0.972 bits per heavy atom. The molecule has 196 valence electrons. The summed E-state index contributed by atoms with van der Waals surface area (Å²) in [6.07, 6.45) is -0.663. The van der Waals surface area contributed by atoms with E-state index in [2.05, 4.69) is 10.6 Å². The van der Waals surface area contributed by atoms with Crippen molar-refractivity contribution in [1.29, 1.82) is 0 Å². The topological polar surface area (TPSA) is 128 Å². The third-order valence-electron chi connectivity index (χ3n) is 5.17. The minimum Gasteiger partial charge on any atom is -0.508 e. The van der Waals surface area contributed by atoms with E-state index >= 15 is 0 Å². The average molecular weight is 500 g/mol. The number of amides is 3. The molecule has 2 atom stereocenters. The molecule has 0 saturated heterocycles. The molecule has 0 radical (unpaired) electrons. The lowest BCUT2D eigenvalue weighted by Crippen LogP contribution is -2.54. The van der Waals surface area contributed by atoms with Crippen LogP contribution < -0.4 is 10.6 Å². The monoisotopic (exact) mass is 499 g/mol. The van der Waals surface area contributed by atoms with Gasteiger partial charge in [-0.1, -0.05) is 24.3 Å². The van der Waals surface area contributed by atoms with Gasteiger partial charge in [-0.25, -0.2) is 4.79 Å². The number of phenols is 2. The summed E-state index contributed by atoms with van der Waals surface area (Å²) in [4.78, 5) is 41.2. The number of carbonyl (C=O) groups is 3. The number of hydrogen-bond donors (Lipinski definition) is 4. The number of alkyl carbamates (subject to hydrolysis) is 1. The summed E-state index contributed by atoms with van der Waals surface area (Å²) in [5.74, 6) is -0.868. The molecule has 0 saturated carbocycles. The van der Waals surface area contributed by atoms with Crippen LogP contribution in [0, 0.1) is 0 Å². The lowest BCUT2D eigenvalue weighted by Gasteiger charge is -2.34. The number of aromatic hydroxyl groups is 2. The van der Waals surface area contributed by atoms with E-state index in [0.717, 1.165) is 0 Å². The maximum atomic E-state index is 13.9. The van der Waals surface area contributed by atoms with Gasteiger partial charge < -0.3 is 30.5 Å². The summed E-state index contributed by atoms with van der Waals surface area (Å²) in [5.41, 5.74) is 0.352. The zero-order valence-corrected chi connectivity index (χ0v) is 21.7. The lowest BCUT2D eigenvalue weighted by atomic mass is 10.00. The molecule has 0 heterocycles. The summed E-state index contributed by atoms with van der Waals surface area (Å²) in [6, 6.07) is 10.2. The van der Waals surface area contributed by atoms with Crippen LogP contribution in [0.2, 0.25) is 0 Å². The van der Waals surface area contributed by atoms with Crippen LogP contribution in [0.4, 0.5) is 4.79 Å². The second kappa shape index (κ2) is 12.3. The summed E-state index contributed by atoms with van der Waals surface area (Å²) in [7, 11) is 0. The normalized spacial score (nSPS) is 13.0. The highest BCUT2D eigenvalue weighted by atomic mass is 16.6. The van der Waals surface area contributed by atoms with E-state index in [4.69, 9.17) is 4.74 Å². The van der Waals surface area contributed by atoms with E-state index in [0.29, 0.717) is 11.1 Å². The quantitative estimate of drug-likeness (QED) is 0.417. The third kappa shape index (κ3) is 8.48. The SMILES string of the molecule is CCN(C(=O)C(Cc1ccc(O)cc1)NC(=O)OC(C)(C)C)C(C(=O)NC(C)C)c1cccc(O)c1. The predicted octanol–water partition coefficient (Wildman–Crippen LogP) is 3.65. The van der Waals surface area contributed by atoms with Crippen molar-refractivity contribution in [2.45, 2.75) is 71.7 Å². The van der Waals surface area contributed by atoms with Gasteiger partial charge in [0.1, 0.15) is 29.2 Å². The molecule has 0 aliphatic heterocycles. The Hall–Kier alpha value is -3.75. The zero-order valence-electron chi connectivity index (χ0n) is 21.7. The average Bonchev–Trinajstić information content (AvgIpc) is 2.76. The highest BCUT2D eigenvalue weighted by molar-refractivity contribution is 5.92. The molecular formula is C27H37N3O6. The molecule has 2 unspecified atom stereocenters. The summed E-state index contributed by atoms with van der Waals surface area (Å²) < 4.78 is 5.38. The second-order valence-electron chi connectivity index (χ2n) is 9.85. The van der Waals surface area contributed by atoms with E-state index in [9.17, 15) is 24.6 Å². The van der Waals surface area contributed by atoms with Gasteiger partial charge in [0.15, 0.2) is 0 Å². The van der Waals surface area contributed by atoms with Gasteiger partial charge in [-0.3, -0.25) is 9.59 Å². The number of nitrogens with zero attached hydrogens (tertiary/aromatic N) is 1. The van der Waals surface area contributed by atoms with Crippen LogP contribution in [-0.4, -0.2) is 57.3 Å². The molecule has 2 aromatic rings. The van der Waals surface area contributed by atoms with Crippen LogP contribution >= 0.6 is 0 Å². The Morgan fingerprint density at radius 2 is 1.61 bits per heavy atom. The molecule has 0 fully saturated rings. The van der Waals surface area contributed by atoms with Crippen LogP contribution in [0.1, 0.15) is 58.7 Å². The van der Waals surface area contributed by atoms with Crippen molar-refractivity contribution in [3.8, 4) is 11.5 Å². The van der Waals surface area contributed by atoms with Gasteiger partial charge in [-0.05, 0) is 76.9 Å². The van der Waals surface area contributed by atoms with E-state index < -0.39 is 35.6 Å². The maximum absolute atomic E-state index is 13.9. The Bertz CT molecular complexity index is 1050. The van der Waals surface area contributed by atoms with Gasteiger partial charge in [-0.2, -0.15) is 0 Å².